The van der Waals surface area contributed by atoms with Gasteiger partial charge in [-0.3, -0.25) is 4.99 Å². The van der Waals surface area contributed by atoms with Crippen LogP contribution in [0.2, 0.25) is 0 Å². The molecule has 4 nitrogen and oxygen atoms in total. The molecule has 1 fully saturated rings. The van der Waals surface area contributed by atoms with Crippen molar-refractivity contribution in [2.45, 2.75) is 44.1 Å². The maximum Gasteiger partial charge on any atom is 0.204 e. The van der Waals surface area contributed by atoms with Crippen molar-refractivity contribution in [3.63, 3.8) is 0 Å². The largest absolute Gasteiger partial charge is 0.477 e. The van der Waals surface area contributed by atoms with Crippen molar-refractivity contribution in [2.24, 2.45) is 10.7 Å². The summed E-state index contributed by atoms with van der Waals surface area (Å²) in [5, 5.41) is 9.48. The molecule has 0 aromatic heterocycles. The monoisotopic (exact) mass is 295 g/mol. The van der Waals surface area contributed by atoms with E-state index in [0.717, 1.165) is 24.1 Å². The number of ether oxygens (including phenoxy) is 1. The summed E-state index contributed by atoms with van der Waals surface area (Å²) in [5.74, 6) is 0.203. The van der Waals surface area contributed by atoms with Crippen LogP contribution in [0.3, 0.4) is 0 Å². The van der Waals surface area contributed by atoms with Crippen molar-refractivity contribution < 1.29 is 4.74 Å². The lowest BCUT2D eigenvalue weighted by Crippen LogP contribution is -2.30. The van der Waals surface area contributed by atoms with E-state index in [2.05, 4.69) is 18.2 Å². The summed E-state index contributed by atoms with van der Waals surface area (Å²) >= 11 is 0. The molecule has 4 heteroatoms. The highest BCUT2D eigenvalue weighted by Gasteiger charge is 2.30. The second-order valence-corrected chi connectivity index (χ2v) is 5.93. The van der Waals surface area contributed by atoms with Crippen molar-refractivity contribution in [3.8, 4) is 6.07 Å². The molecule has 0 bridgehead atoms. The third-order valence-corrected chi connectivity index (χ3v) is 4.45. The first-order valence-corrected chi connectivity index (χ1v) is 7.95. The van der Waals surface area contributed by atoms with E-state index in [1.54, 1.807) is 0 Å². The Morgan fingerprint density at radius 1 is 1.14 bits per heavy atom. The van der Waals surface area contributed by atoms with Crippen LogP contribution in [-0.4, -0.2) is 18.4 Å². The molecule has 2 aliphatic rings. The molecule has 3 rings (SSSR count). The number of hydrogen-bond donors (Lipinski definition) is 1. The van der Waals surface area contributed by atoms with Gasteiger partial charge in [0.2, 0.25) is 5.88 Å². The van der Waals surface area contributed by atoms with Crippen molar-refractivity contribution in [2.75, 3.05) is 6.61 Å². The molecule has 114 valence electrons. The van der Waals surface area contributed by atoms with Crippen LogP contribution in [0.25, 0.3) is 0 Å². The van der Waals surface area contributed by atoms with Gasteiger partial charge < -0.3 is 10.5 Å². The maximum atomic E-state index is 9.48. The molecule has 1 aromatic carbocycles. The first-order chi connectivity index (χ1) is 10.8. The Morgan fingerprint density at radius 3 is 2.55 bits per heavy atom. The molecule has 1 heterocycles. The fourth-order valence-corrected chi connectivity index (χ4v) is 3.24. The molecule has 1 aliphatic heterocycles. The summed E-state index contributed by atoms with van der Waals surface area (Å²) in [6, 6.07) is 12.6. The molecule has 1 atom stereocenters. The second kappa shape index (κ2) is 6.65. The van der Waals surface area contributed by atoms with E-state index in [1.807, 2.05) is 18.2 Å². The summed E-state index contributed by atoms with van der Waals surface area (Å²) in [6.07, 6.45) is 5.93. The molecule has 22 heavy (non-hydrogen) atoms. The van der Waals surface area contributed by atoms with Gasteiger partial charge in [-0.25, -0.2) is 0 Å². The van der Waals surface area contributed by atoms with Gasteiger partial charge in [0.25, 0.3) is 0 Å². The fraction of sp³-hybridized carbons (Fsp3) is 0.444. The molecule has 0 amide bonds. The van der Waals surface area contributed by atoms with E-state index >= 15 is 0 Å². The molecular formula is C18H21N3O. The molecule has 0 spiro atoms. The zero-order chi connectivity index (χ0) is 15.4. The third kappa shape index (κ3) is 2.99. The van der Waals surface area contributed by atoms with Gasteiger partial charge >= 0.3 is 0 Å². The predicted octanol–water partition coefficient (Wildman–Crippen LogP) is 3.27. The summed E-state index contributed by atoms with van der Waals surface area (Å²) in [7, 11) is 0. The van der Waals surface area contributed by atoms with E-state index in [0.29, 0.717) is 18.2 Å². The lowest BCUT2D eigenvalue weighted by Gasteiger charge is -2.28. The number of nitrogens with two attached hydrogens (primary N) is 1. The maximum absolute atomic E-state index is 9.48. The van der Waals surface area contributed by atoms with Gasteiger partial charge in [-0.1, -0.05) is 49.6 Å². The van der Waals surface area contributed by atoms with Gasteiger partial charge in [-0.15, -0.1) is 0 Å². The second-order valence-electron chi connectivity index (χ2n) is 5.93. The highest BCUT2D eigenvalue weighted by molar-refractivity contribution is 6.08. The van der Waals surface area contributed by atoms with E-state index in [9.17, 15) is 5.26 Å². The minimum atomic E-state index is -0.00919. The van der Waals surface area contributed by atoms with Crippen LogP contribution < -0.4 is 5.73 Å². The van der Waals surface area contributed by atoms with Gasteiger partial charge in [-0.2, -0.15) is 5.26 Å². The predicted molar refractivity (Wildman–Crippen MR) is 86.3 cm³/mol. The van der Waals surface area contributed by atoms with E-state index < -0.39 is 0 Å². The van der Waals surface area contributed by atoms with Crippen molar-refractivity contribution in [3.05, 3.63) is 47.4 Å². The van der Waals surface area contributed by atoms with Crippen LogP contribution in [0, 0.1) is 11.3 Å². The highest BCUT2D eigenvalue weighted by atomic mass is 16.5. The SMILES string of the molecule is N#CC1=C(N)OCC(c2ccccc2)C1=NC1CCCCC1. The molecule has 1 aromatic rings. The number of nitrogens with zero attached hydrogens (tertiary/aromatic N) is 2. The molecule has 0 radical (unpaired) electrons. The van der Waals surface area contributed by atoms with Crippen LogP contribution in [0.5, 0.6) is 0 Å². The van der Waals surface area contributed by atoms with Crippen LogP contribution in [0.15, 0.2) is 46.8 Å². The van der Waals surface area contributed by atoms with Crippen molar-refractivity contribution >= 4 is 5.71 Å². The first kappa shape index (κ1) is 14.6. The van der Waals surface area contributed by atoms with Gasteiger partial charge in [0.15, 0.2) is 0 Å². The van der Waals surface area contributed by atoms with Gasteiger partial charge in [0, 0.05) is 0 Å². The van der Waals surface area contributed by atoms with E-state index in [1.165, 1.54) is 19.3 Å². The summed E-state index contributed by atoms with van der Waals surface area (Å²) < 4.78 is 5.52. The summed E-state index contributed by atoms with van der Waals surface area (Å²) in [5.41, 5.74) is 8.22. The summed E-state index contributed by atoms with van der Waals surface area (Å²) in [6.45, 7) is 0.451. The Balaban J connectivity index is 1.98. The Bertz CT molecular complexity index is 621. The minimum Gasteiger partial charge on any atom is -0.477 e. The third-order valence-electron chi connectivity index (χ3n) is 4.45. The Kier molecular flexibility index (Phi) is 4.43. The number of rotatable bonds is 2. The quantitative estimate of drug-likeness (QED) is 0.910. The molecule has 0 saturated heterocycles. The zero-order valence-corrected chi connectivity index (χ0v) is 12.7. The number of allylic oxidation sites excluding steroid dienone is 1. The van der Waals surface area contributed by atoms with Crippen LogP contribution in [0.4, 0.5) is 0 Å². The lowest BCUT2D eigenvalue weighted by molar-refractivity contribution is 0.197. The smallest absolute Gasteiger partial charge is 0.204 e. The average Bonchev–Trinajstić information content (AvgIpc) is 2.57. The Labute approximate surface area is 131 Å². The van der Waals surface area contributed by atoms with Crippen LogP contribution in [-0.2, 0) is 4.74 Å². The van der Waals surface area contributed by atoms with Gasteiger partial charge in [-0.05, 0) is 18.4 Å². The molecular weight excluding hydrogens is 274 g/mol. The van der Waals surface area contributed by atoms with Crippen molar-refractivity contribution in [1.82, 2.24) is 0 Å². The van der Waals surface area contributed by atoms with Crippen LogP contribution >= 0.6 is 0 Å². The highest BCUT2D eigenvalue weighted by Crippen LogP contribution is 2.30. The molecule has 1 aliphatic carbocycles. The summed E-state index contributed by atoms with van der Waals surface area (Å²) in [4.78, 5) is 4.93. The van der Waals surface area contributed by atoms with E-state index in [4.69, 9.17) is 15.5 Å². The number of nitriles is 1. The Hall–Kier alpha value is -2.28. The van der Waals surface area contributed by atoms with Crippen molar-refractivity contribution in [1.29, 1.82) is 5.26 Å². The van der Waals surface area contributed by atoms with E-state index in [-0.39, 0.29) is 11.8 Å². The van der Waals surface area contributed by atoms with Gasteiger partial charge in [0.1, 0.15) is 18.2 Å². The minimum absolute atomic E-state index is 0.00919. The molecule has 2 N–H and O–H groups in total. The first-order valence-electron chi connectivity index (χ1n) is 7.95. The van der Waals surface area contributed by atoms with Gasteiger partial charge in [0.05, 0.1) is 17.7 Å². The lowest BCUT2D eigenvalue weighted by atomic mass is 9.88. The topological polar surface area (TPSA) is 71.4 Å². The zero-order valence-electron chi connectivity index (χ0n) is 12.7. The number of aliphatic imine (C=N–C) groups is 1. The average molecular weight is 295 g/mol. The number of benzene rings is 1. The standard InChI is InChI=1S/C18H21N3O/c19-11-15-17(21-14-9-5-2-6-10-14)16(12-22-18(15)20)13-7-3-1-4-8-13/h1,3-4,7-8,14,16H,2,5-6,9-10,12,20H2. The number of hydrogen-bond acceptors (Lipinski definition) is 4. The Morgan fingerprint density at radius 2 is 1.86 bits per heavy atom. The molecule has 1 saturated carbocycles. The fourth-order valence-electron chi connectivity index (χ4n) is 3.24. The normalized spacial score (nSPS) is 24.9. The van der Waals surface area contributed by atoms with Crippen LogP contribution in [0.1, 0.15) is 43.6 Å². The molecule has 1 unspecified atom stereocenters.